The lowest BCUT2D eigenvalue weighted by molar-refractivity contribution is -0.114. The lowest BCUT2D eigenvalue weighted by Crippen LogP contribution is -2.38. The van der Waals surface area contributed by atoms with E-state index in [9.17, 15) is 18.0 Å². The number of nitrogens with one attached hydrogen (secondary N) is 1. The number of benzene rings is 3. The Morgan fingerprint density at radius 2 is 1.61 bits per heavy atom. The van der Waals surface area contributed by atoms with Crippen LogP contribution >= 0.6 is 23.2 Å². The maximum Gasteiger partial charge on any atom is 0.339 e. The molecule has 1 N–H and O–H groups in total. The van der Waals surface area contributed by atoms with E-state index < -0.39 is 28.4 Å². The molecule has 0 saturated carbocycles. The predicted octanol–water partition coefficient (Wildman–Crippen LogP) is 5.00. The topological polar surface area (TPSA) is 92.8 Å². The predicted molar refractivity (Wildman–Crippen MR) is 128 cm³/mol. The molecule has 0 atom stereocenters. The van der Waals surface area contributed by atoms with Crippen molar-refractivity contribution in [1.82, 2.24) is 0 Å². The van der Waals surface area contributed by atoms with Crippen LogP contribution in [0.3, 0.4) is 0 Å². The van der Waals surface area contributed by atoms with Crippen molar-refractivity contribution in [3.8, 4) is 0 Å². The third kappa shape index (κ3) is 5.84. The first-order valence-electron chi connectivity index (χ1n) is 9.83. The molecule has 7 nitrogen and oxygen atoms in total. The molecule has 0 aromatic heterocycles. The van der Waals surface area contributed by atoms with Crippen molar-refractivity contribution < 1.29 is 22.7 Å². The van der Waals surface area contributed by atoms with Gasteiger partial charge in [-0.3, -0.25) is 9.10 Å². The van der Waals surface area contributed by atoms with E-state index in [4.69, 9.17) is 27.9 Å². The number of ether oxygens (including phenoxy) is 1. The van der Waals surface area contributed by atoms with Gasteiger partial charge in [0.25, 0.3) is 10.0 Å². The highest BCUT2D eigenvalue weighted by atomic mass is 35.5. The number of hydrogen-bond acceptors (Lipinski definition) is 5. The van der Waals surface area contributed by atoms with Gasteiger partial charge in [0, 0.05) is 5.69 Å². The second kappa shape index (κ2) is 10.7. The summed E-state index contributed by atoms with van der Waals surface area (Å²) in [6, 6.07) is 18.4. The highest BCUT2D eigenvalue weighted by Gasteiger charge is 2.28. The number of sulfonamides is 1. The largest absolute Gasteiger partial charge is 0.462 e. The monoisotopic (exact) mass is 506 g/mol. The van der Waals surface area contributed by atoms with Gasteiger partial charge in [0.05, 0.1) is 32.8 Å². The van der Waals surface area contributed by atoms with Gasteiger partial charge >= 0.3 is 5.97 Å². The first kappa shape index (κ1) is 24.6. The summed E-state index contributed by atoms with van der Waals surface area (Å²) in [5.41, 5.74) is 0.601. The fraction of sp³-hybridized carbons (Fsp3) is 0.130. The molecule has 33 heavy (non-hydrogen) atoms. The second-order valence-corrected chi connectivity index (χ2v) is 9.42. The van der Waals surface area contributed by atoms with Gasteiger partial charge < -0.3 is 10.1 Å². The van der Waals surface area contributed by atoms with Crippen molar-refractivity contribution in [2.24, 2.45) is 0 Å². The molecule has 10 heteroatoms. The molecular weight excluding hydrogens is 487 g/mol. The number of para-hydroxylation sites is 1. The average molecular weight is 507 g/mol. The molecule has 0 radical (unpaired) electrons. The molecule has 0 fully saturated rings. The quantitative estimate of drug-likeness (QED) is 0.433. The van der Waals surface area contributed by atoms with E-state index in [0.717, 1.165) is 4.31 Å². The number of carbonyl (C=O) groups excluding carboxylic acids is 2. The molecule has 3 aromatic rings. The van der Waals surface area contributed by atoms with Crippen LogP contribution in [0.25, 0.3) is 0 Å². The molecular formula is C23H20Cl2N2O5S. The van der Waals surface area contributed by atoms with E-state index in [1.54, 1.807) is 37.3 Å². The zero-order valence-electron chi connectivity index (χ0n) is 17.5. The Kier molecular flexibility index (Phi) is 7.97. The van der Waals surface area contributed by atoms with E-state index >= 15 is 0 Å². The van der Waals surface area contributed by atoms with Crippen molar-refractivity contribution in [2.45, 2.75) is 11.8 Å². The first-order chi connectivity index (χ1) is 15.7. The molecule has 0 unspecified atom stereocenters. The SMILES string of the molecule is CCOC(=O)c1ccc(NC(=O)CN(c2ccccc2Cl)S(=O)(=O)c2ccccc2)cc1Cl. The zero-order chi connectivity index (χ0) is 24.0. The van der Waals surface area contributed by atoms with Gasteiger partial charge in [0.1, 0.15) is 6.54 Å². The Balaban J connectivity index is 1.88. The Morgan fingerprint density at radius 3 is 2.24 bits per heavy atom. The van der Waals surface area contributed by atoms with Crippen LogP contribution in [0.15, 0.2) is 77.7 Å². The summed E-state index contributed by atoms with van der Waals surface area (Å²) < 4.78 is 32.5. The molecule has 0 aliphatic heterocycles. The van der Waals surface area contributed by atoms with Crippen molar-refractivity contribution in [3.05, 3.63) is 88.4 Å². The summed E-state index contributed by atoms with van der Waals surface area (Å²) in [7, 11) is -4.10. The minimum absolute atomic E-state index is 0.0135. The van der Waals surface area contributed by atoms with Crippen LogP contribution in [0.2, 0.25) is 10.0 Å². The summed E-state index contributed by atoms with van der Waals surface area (Å²) in [5.74, 6) is -1.21. The first-order valence-corrected chi connectivity index (χ1v) is 12.0. The molecule has 0 spiro atoms. The van der Waals surface area contributed by atoms with Crippen LogP contribution in [-0.4, -0.2) is 33.4 Å². The molecule has 0 aliphatic carbocycles. The fourth-order valence-corrected chi connectivity index (χ4v) is 4.98. The zero-order valence-corrected chi connectivity index (χ0v) is 19.8. The van der Waals surface area contributed by atoms with Crippen LogP contribution in [0.1, 0.15) is 17.3 Å². The normalized spacial score (nSPS) is 11.0. The van der Waals surface area contributed by atoms with E-state index in [1.807, 2.05) is 0 Å². The van der Waals surface area contributed by atoms with Crippen molar-refractivity contribution in [2.75, 3.05) is 22.8 Å². The van der Waals surface area contributed by atoms with E-state index in [0.29, 0.717) is 0 Å². The van der Waals surface area contributed by atoms with Gasteiger partial charge in [-0.2, -0.15) is 0 Å². The minimum Gasteiger partial charge on any atom is -0.462 e. The number of halogens is 2. The fourth-order valence-electron chi connectivity index (χ4n) is 2.97. The number of carbonyl (C=O) groups is 2. The van der Waals surface area contributed by atoms with Crippen LogP contribution in [-0.2, 0) is 19.6 Å². The average Bonchev–Trinajstić information content (AvgIpc) is 2.79. The van der Waals surface area contributed by atoms with Gasteiger partial charge in [-0.25, -0.2) is 13.2 Å². The second-order valence-electron chi connectivity index (χ2n) is 6.74. The highest BCUT2D eigenvalue weighted by Crippen LogP contribution is 2.30. The maximum atomic E-state index is 13.3. The van der Waals surface area contributed by atoms with Crippen LogP contribution in [0, 0.1) is 0 Å². The molecule has 0 bridgehead atoms. The summed E-state index contributed by atoms with van der Waals surface area (Å²) in [6.45, 7) is 1.33. The number of esters is 1. The number of hydrogen-bond donors (Lipinski definition) is 1. The van der Waals surface area contributed by atoms with E-state index in [1.165, 1.54) is 42.5 Å². The number of amides is 1. The summed E-state index contributed by atoms with van der Waals surface area (Å²) in [5, 5.41) is 2.86. The molecule has 3 rings (SSSR count). The standard InChI is InChI=1S/C23H20Cl2N2O5S/c1-2-32-23(29)18-13-12-16(14-20(18)25)26-22(28)15-27(21-11-7-6-10-19(21)24)33(30,31)17-8-4-3-5-9-17/h3-14H,2,15H2,1H3,(H,26,28). The molecule has 0 aliphatic rings. The molecule has 0 saturated heterocycles. The number of anilines is 2. The van der Waals surface area contributed by atoms with E-state index in [2.05, 4.69) is 5.32 Å². The van der Waals surface area contributed by atoms with E-state index in [-0.39, 0.29) is 38.5 Å². The number of rotatable bonds is 8. The molecule has 172 valence electrons. The van der Waals surface area contributed by atoms with Crippen LogP contribution < -0.4 is 9.62 Å². The van der Waals surface area contributed by atoms with Crippen LogP contribution in [0.4, 0.5) is 11.4 Å². The highest BCUT2D eigenvalue weighted by molar-refractivity contribution is 7.92. The maximum absolute atomic E-state index is 13.3. The van der Waals surface area contributed by atoms with Gasteiger partial charge in [-0.05, 0) is 49.4 Å². The third-order valence-electron chi connectivity index (χ3n) is 4.49. The van der Waals surface area contributed by atoms with Crippen molar-refractivity contribution in [1.29, 1.82) is 0 Å². The summed E-state index contributed by atoms with van der Waals surface area (Å²) >= 11 is 12.4. The Labute approximate surface area is 201 Å². The lowest BCUT2D eigenvalue weighted by Gasteiger charge is -2.25. The Morgan fingerprint density at radius 1 is 0.939 bits per heavy atom. The molecule has 0 heterocycles. The van der Waals surface area contributed by atoms with Gasteiger partial charge in [-0.15, -0.1) is 0 Å². The Hall–Kier alpha value is -3.07. The molecule has 1 amide bonds. The lowest BCUT2D eigenvalue weighted by atomic mass is 10.2. The van der Waals surface area contributed by atoms with Gasteiger partial charge in [0.2, 0.25) is 5.91 Å². The Bertz CT molecular complexity index is 1270. The van der Waals surface area contributed by atoms with Gasteiger partial charge in [0.15, 0.2) is 0 Å². The third-order valence-corrected chi connectivity index (χ3v) is 6.89. The minimum atomic E-state index is -4.10. The summed E-state index contributed by atoms with van der Waals surface area (Å²) in [6.07, 6.45) is 0. The van der Waals surface area contributed by atoms with Crippen molar-refractivity contribution >= 4 is 56.5 Å². The smallest absolute Gasteiger partial charge is 0.339 e. The van der Waals surface area contributed by atoms with Crippen LogP contribution in [0.5, 0.6) is 0 Å². The number of nitrogens with zero attached hydrogens (tertiary/aromatic N) is 1. The molecule has 3 aromatic carbocycles. The van der Waals surface area contributed by atoms with Gasteiger partial charge in [-0.1, -0.05) is 53.5 Å². The van der Waals surface area contributed by atoms with Crippen molar-refractivity contribution in [3.63, 3.8) is 0 Å². The summed E-state index contributed by atoms with van der Waals surface area (Å²) in [4.78, 5) is 24.7.